The molecule has 15 heavy (non-hydrogen) atoms. The Morgan fingerprint density at radius 2 is 1.73 bits per heavy atom. The highest BCUT2D eigenvalue weighted by Crippen LogP contribution is 2.30. The zero-order chi connectivity index (χ0) is 10.8. The lowest BCUT2D eigenvalue weighted by Crippen LogP contribution is -2.08. The standard InChI is InChI=1S/C14H20O/c1-4-12-5-7-13(8-6-12)9-10(2)14-11(3)15-14/h5-8,10-11,14H,4,9H2,1-3H3. The molecule has 1 aliphatic rings. The van der Waals surface area contributed by atoms with Crippen LogP contribution in [-0.2, 0) is 17.6 Å². The molecular weight excluding hydrogens is 184 g/mol. The minimum absolute atomic E-state index is 0.481. The first-order valence-corrected chi connectivity index (χ1v) is 5.94. The second-order valence-corrected chi connectivity index (χ2v) is 4.66. The van der Waals surface area contributed by atoms with Crippen LogP contribution in [0.15, 0.2) is 24.3 Å². The molecule has 1 aromatic carbocycles. The lowest BCUT2D eigenvalue weighted by atomic mass is 9.96. The van der Waals surface area contributed by atoms with Gasteiger partial charge in [-0.05, 0) is 36.8 Å². The summed E-state index contributed by atoms with van der Waals surface area (Å²) in [7, 11) is 0. The van der Waals surface area contributed by atoms with Crippen molar-refractivity contribution >= 4 is 0 Å². The number of aryl methyl sites for hydroxylation is 1. The molecule has 0 bridgehead atoms. The Bertz CT molecular complexity index is 315. The zero-order valence-corrected chi connectivity index (χ0v) is 9.86. The summed E-state index contributed by atoms with van der Waals surface area (Å²) in [6, 6.07) is 8.98. The maximum atomic E-state index is 5.50. The summed E-state index contributed by atoms with van der Waals surface area (Å²) in [6.07, 6.45) is 3.24. The number of ether oxygens (including phenoxy) is 1. The van der Waals surface area contributed by atoms with Gasteiger partial charge in [0, 0.05) is 0 Å². The van der Waals surface area contributed by atoms with E-state index in [1.54, 1.807) is 0 Å². The van der Waals surface area contributed by atoms with E-state index in [9.17, 15) is 0 Å². The predicted octanol–water partition coefficient (Wildman–Crippen LogP) is 3.21. The monoisotopic (exact) mass is 204 g/mol. The largest absolute Gasteiger partial charge is 0.370 e. The van der Waals surface area contributed by atoms with Gasteiger partial charge < -0.3 is 4.74 Å². The lowest BCUT2D eigenvalue weighted by molar-refractivity contribution is 0.328. The van der Waals surface area contributed by atoms with E-state index in [1.165, 1.54) is 11.1 Å². The minimum atomic E-state index is 0.481. The lowest BCUT2D eigenvalue weighted by Gasteiger charge is -2.08. The molecule has 3 atom stereocenters. The number of epoxide rings is 1. The molecule has 2 rings (SSSR count). The number of rotatable bonds is 4. The second-order valence-electron chi connectivity index (χ2n) is 4.66. The highest BCUT2D eigenvalue weighted by Gasteiger charge is 2.38. The Labute approximate surface area is 92.5 Å². The van der Waals surface area contributed by atoms with Crippen LogP contribution in [0.25, 0.3) is 0 Å². The van der Waals surface area contributed by atoms with Crippen LogP contribution < -0.4 is 0 Å². The van der Waals surface area contributed by atoms with Crippen LogP contribution in [-0.4, -0.2) is 12.2 Å². The summed E-state index contributed by atoms with van der Waals surface area (Å²) < 4.78 is 5.50. The highest BCUT2D eigenvalue weighted by molar-refractivity contribution is 5.23. The van der Waals surface area contributed by atoms with Crippen LogP contribution in [0, 0.1) is 5.92 Å². The van der Waals surface area contributed by atoms with Crippen LogP contribution >= 0.6 is 0 Å². The summed E-state index contributed by atoms with van der Waals surface area (Å²) in [5, 5.41) is 0. The normalized spacial score (nSPS) is 26.3. The maximum Gasteiger partial charge on any atom is 0.0867 e. The van der Waals surface area contributed by atoms with Crippen molar-refractivity contribution in [3.8, 4) is 0 Å². The molecule has 0 spiro atoms. The molecule has 0 aromatic heterocycles. The topological polar surface area (TPSA) is 12.5 Å². The fraction of sp³-hybridized carbons (Fsp3) is 0.571. The second kappa shape index (κ2) is 4.36. The SMILES string of the molecule is CCc1ccc(CC(C)C2OC2C)cc1. The van der Waals surface area contributed by atoms with E-state index in [-0.39, 0.29) is 0 Å². The molecule has 0 saturated carbocycles. The Morgan fingerprint density at radius 3 is 2.20 bits per heavy atom. The summed E-state index contributed by atoms with van der Waals surface area (Å²) in [6.45, 7) is 6.63. The van der Waals surface area contributed by atoms with Crippen LogP contribution in [0.5, 0.6) is 0 Å². The summed E-state index contributed by atoms with van der Waals surface area (Å²) in [4.78, 5) is 0. The van der Waals surface area contributed by atoms with Gasteiger partial charge in [0.25, 0.3) is 0 Å². The third-order valence-electron chi connectivity index (χ3n) is 3.31. The molecule has 0 amide bonds. The average molecular weight is 204 g/mol. The zero-order valence-electron chi connectivity index (χ0n) is 9.86. The van der Waals surface area contributed by atoms with E-state index in [0.717, 1.165) is 12.8 Å². The van der Waals surface area contributed by atoms with Gasteiger partial charge >= 0.3 is 0 Å². The van der Waals surface area contributed by atoms with Gasteiger partial charge in [0.05, 0.1) is 12.2 Å². The molecule has 0 radical (unpaired) electrons. The molecule has 1 heteroatoms. The third-order valence-corrected chi connectivity index (χ3v) is 3.31. The van der Waals surface area contributed by atoms with Gasteiger partial charge in [-0.2, -0.15) is 0 Å². The van der Waals surface area contributed by atoms with Crippen LogP contribution in [0.4, 0.5) is 0 Å². The van der Waals surface area contributed by atoms with Gasteiger partial charge in [0.2, 0.25) is 0 Å². The van der Waals surface area contributed by atoms with Crippen LogP contribution in [0.2, 0.25) is 0 Å². The van der Waals surface area contributed by atoms with E-state index >= 15 is 0 Å². The van der Waals surface area contributed by atoms with Gasteiger partial charge in [-0.25, -0.2) is 0 Å². The number of hydrogen-bond donors (Lipinski definition) is 0. The molecule has 1 aromatic rings. The van der Waals surface area contributed by atoms with Gasteiger partial charge in [-0.1, -0.05) is 38.1 Å². The number of benzene rings is 1. The van der Waals surface area contributed by atoms with E-state index in [0.29, 0.717) is 18.1 Å². The molecule has 3 unspecified atom stereocenters. The molecule has 1 aliphatic heterocycles. The van der Waals surface area contributed by atoms with Crippen LogP contribution in [0.1, 0.15) is 31.9 Å². The molecule has 0 aliphatic carbocycles. The predicted molar refractivity (Wildman–Crippen MR) is 63.0 cm³/mol. The quantitative estimate of drug-likeness (QED) is 0.686. The third kappa shape index (κ3) is 2.60. The van der Waals surface area contributed by atoms with Crippen molar-refractivity contribution in [3.63, 3.8) is 0 Å². The minimum Gasteiger partial charge on any atom is -0.370 e. The van der Waals surface area contributed by atoms with Gasteiger partial charge in [0.15, 0.2) is 0 Å². The molecular formula is C14H20O. The first-order valence-electron chi connectivity index (χ1n) is 5.94. The maximum absolute atomic E-state index is 5.50. The van der Waals surface area contributed by atoms with Gasteiger partial charge in [0.1, 0.15) is 0 Å². The molecule has 1 nitrogen and oxygen atoms in total. The summed E-state index contributed by atoms with van der Waals surface area (Å²) >= 11 is 0. The molecule has 1 heterocycles. The fourth-order valence-electron chi connectivity index (χ4n) is 2.20. The van der Waals surface area contributed by atoms with Crippen molar-refractivity contribution in [2.75, 3.05) is 0 Å². The average Bonchev–Trinajstić information content (AvgIpc) is 2.97. The Morgan fingerprint density at radius 1 is 1.20 bits per heavy atom. The molecule has 82 valence electrons. The van der Waals surface area contributed by atoms with E-state index in [4.69, 9.17) is 4.74 Å². The van der Waals surface area contributed by atoms with Crippen molar-refractivity contribution in [1.29, 1.82) is 0 Å². The first-order chi connectivity index (χ1) is 7.20. The van der Waals surface area contributed by atoms with E-state index in [1.807, 2.05) is 0 Å². The fourth-order valence-corrected chi connectivity index (χ4v) is 2.20. The molecule has 0 N–H and O–H groups in total. The van der Waals surface area contributed by atoms with Crippen molar-refractivity contribution in [2.45, 2.75) is 45.8 Å². The molecule has 1 fully saturated rings. The Balaban J connectivity index is 1.92. The van der Waals surface area contributed by atoms with Gasteiger partial charge in [-0.3, -0.25) is 0 Å². The number of hydrogen-bond acceptors (Lipinski definition) is 1. The van der Waals surface area contributed by atoms with Crippen LogP contribution in [0.3, 0.4) is 0 Å². The first kappa shape index (κ1) is 10.7. The van der Waals surface area contributed by atoms with Crippen molar-refractivity contribution < 1.29 is 4.74 Å². The van der Waals surface area contributed by atoms with Crippen molar-refractivity contribution in [3.05, 3.63) is 35.4 Å². The van der Waals surface area contributed by atoms with E-state index < -0.39 is 0 Å². The smallest absolute Gasteiger partial charge is 0.0867 e. The van der Waals surface area contributed by atoms with Crippen molar-refractivity contribution in [1.82, 2.24) is 0 Å². The highest BCUT2D eigenvalue weighted by atomic mass is 16.6. The van der Waals surface area contributed by atoms with Crippen molar-refractivity contribution in [2.24, 2.45) is 5.92 Å². The summed E-state index contributed by atoms with van der Waals surface area (Å²) in [5.74, 6) is 0.646. The van der Waals surface area contributed by atoms with E-state index in [2.05, 4.69) is 45.0 Å². The molecule has 1 saturated heterocycles. The Kier molecular flexibility index (Phi) is 3.11. The summed E-state index contributed by atoms with van der Waals surface area (Å²) in [5.41, 5.74) is 2.85. The Hall–Kier alpha value is -0.820. The van der Waals surface area contributed by atoms with Gasteiger partial charge in [-0.15, -0.1) is 0 Å².